The lowest BCUT2D eigenvalue weighted by Crippen LogP contribution is -2.56. The molecule has 0 spiro atoms. The Labute approximate surface area is 116 Å². The maximum absolute atomic E-state index is 12.1. The van der Waals surface area contributed by atoms with Crippen LogP contribution in [0, 0.1) is 0 Å². The van der Waals surface area contributed by atoms with Gasteiger partial charge < -0.3 is 10.6 Å². The van der Waals surface area contributed by atoms with Crippen molar-refractivity contribution in [2.24, 2.45) is 0 Å². The van der Waals surface area contributed by atoms with Gasteiger partial charge >= 0.3 is 0 Å². The smallest absolute Gasteiger partial charge is 0.243 e. The van der Waals surface area contributed by atoms with Gasteiger partial charge in [0.1, 0.15) is 6.04 Å². The van der Waals surface area contributed by atoms with Crippen LogP contribution >= 0.6 is 11.8 Å². The fourth-order valence-corrected chi connectivity index (χ4v) is 2.58. The Bertz CT molecular complexity index is 469. The number of piperazine rings is 1. The van der Waals surface area contributed by atoms with Crippen molar-refractivity contribution in [1.29, 1.82) is 0 Å². The number of thioether (sulfide) groups is 1. The van der Waals surface area contributed by atoms with Crippen molar-refractivity contribution in [1.82, 2.24) is 10.6 Å². The van der Waals surface area contributed by atoms with Crippen LogP contribution in [0.1, 0.15) is 6.92 Å². The van der Waals surface area contributed by atoms with Crippen LogP contribution in [0.4, 0.5) is 5.69 Å². The summed E-state index contributed by atoms with van der Waals surface area (Å²) in [4.78, 5) is 24.2. The number of para-hydroxylation sites is 1. The van der Waals surface area contributed by atoms with Gasteiger partial charge in [0.15, 0.2) is 0 Å². The van der Waals surface area contributed by atoms with Gasteiger partial charge in [0, 0.05) is 11.4 Å². The lowest BCUT2D eigenvalue weighted by Gasteiger charge is -2.23. The molecule has 1 unspecified atom stereocenters. The SMILES string of the molecule is CCSc1ccccc1NC(=O)C1CNC(=O)CN1. The van der Waals surface area contributed by atoms with Crippen molar-refractivity contribution in [2.45, 2.75) is 17.9 Å². The molecule has 0 aliphatic carbocycles. The van der Waals surface area contributed by atoms with E-state index < -0.39 is 0 Å². The zero-order valence-corrected chi connectivity index (χ0v) is 11.5. The van der Waals surface area contributed by atoms with E-state index in [0.29, 0.717) is 6.54 Å². The highest BCUT2D eigenvalue weighted by Gasteiger charge is 2.24. The third-order valence-electron chi connectivity index (χ3n) is 2.77. The Morgan fingerprint density at radius 2 is 2.26 bits per heavy atom. The molecule has 0 bridgehead atoms. The molecule has 0 saturated carbocycles. The molecule has 1 fully saturated rings. The molecule has 102 valence electrons. The molecule has 19 heavy (non-hydrogen) atoms. The van der Waals surface area contributed by atoms with E-state index in [9.17, 15) is 9.59 Å². The molecule has 2 amide bonds. The van der Waals surface area contributed by atoms with Gasteiger partial charge in [0.05, 0.1) is 12.2 Å². The molecule has 6 heteroatoms. The molecular weight excluding hydrogens is 262 g/mol. The van der Waals surface area contributed by atoms with Crippen LogP contribution in [0.2, 0.25) is 0 Å². The molecule has 1 aliphatic heterocycles. The third kappa shape index (κ3) is 3.71. The maximum Gasteiger partial charge on any atom is 0.243 e. The molecule has 1 aromatic carbocycles. The molecule has 1 aromatic rings. The van der Waals surface area contributed by atoms with E-state index in [1.165, 1.54) is 0 Å². The molecular formula is C13H17N3O2S. The summed E-state index contributed by atoms with van der Waals surface area (Å²) in [7, 11) is 0. The van der Waals surface area contributed by atoms with Gasteiger partial charge in [-0.3, -0.25) is 14.9 Å². The summed E-state index contributed by atoms with van der Waals surface area (Å²) in [6, 6.07) is 7.34. The highest BCUT2D eigenvalue weighted by molar-refractivity contribution is 7.99. The molecule has 1 saturated heterocycles. The van der Waals surface area contributed by atoms with E-state index in [4.69, 9.17) is 0 Å². The van der Waals surface area contributed by atoms with Crippen LogP contribution in [-0.4, -0.2) is 36.7 Å². The molecule has 0 radical (unpaired) electrons. The minimum Gasteiger partial charge on any atom is -0.353 e. The van der Waals surface area contributed by atoms with Gasteiger partial charge in [-0.1, -0.05) is 19.1 Å². The standard InChI is InChI=1S/C13H17N3O2S/c1-2-19-11-6-4-3-5-9(11)16-13(18)10-7-15-12(17)8-14-10/h3-6,10,14H,2,7-8H2,1H3,(H,15,17)(H,16,18). The number of benzene rings is 1. The fraction of sp³-hybridized carbons (Fsp3) is 0.385. The average Bonchev–Trinajstić information content (AvgIpc) is 2.42. The van der Waals surface area contributed by atoms with Crippen molar-refractivity contribution >= 4 is 29.3 Å². The van der Waals surface area contributed by atoms with Crippen LogP contribution in [0.25, 0.3) is 0 Å². The van der Waals surface area contributed by atoms with E-state index in [2.05, 4.69) is 22.9 Å². The van der Waals surface area contributed by atoms with Crippen molar-refractivity contribution in [2.75, 3.05) is 24.2 Å². The average molecular weight is 279 g/mol. The van der Waals surface area contributed by atoms with Crippen molar-refractivity contribution < 1.29 is 9.59 Å². The monoisotopic (exact) mass is 279 g/mol. The number of anilines is 1. The van der Waals surface area contributed by atoms with Gasteiger partial charge in [-0.05, 0) is 17.9 Å². The Morgan fingerprint density at radius 3 is 2.95 bits per heavy atom. The van der Waals surface area contributed by atoms with Crippen molar-refractivity contribution in [3.8, 4) is 0 Å². The van der Waals surface area contributed by atoms with Gasteiger partial charge in [-0.15, -0.1) is 11.8 Å². The van der Waals surface area contributed by atoms with Crippen LogP contribution in [-0.2, 0) is 9.59 Å². The molecule has 3 N–H and O–H groups in total. The number of rotatable bonds is 4. The first-order valence-corrected chi connectivity index (χ1v) is 7.22. The Balaban J connectivity index is 2.00. The quantitative estimate of drug-likeness (QED) is 0.714. The number of hydrogen-bond donors (Lipinski definition) is 3. The van der Waals surface area contributed by atoms with E-state index in [1.54, 1.807) is 11.8 Å². The van der Waals surface area contributed by atoms with E-state index in [-0.39, 0.29) is 24.4 Å². The largest absolute Gasteiger partial charge is 0.353 e. The number of carbonyl (C=O) groups is 2. The first kappa shape index (κ1) is 13.9. The predicted octanol–water partition coefficient (Wildman–Crippen LogP) is 0.825. The van der Waals surface area contributed by atoms with Crippen LogP contribution < -0.4 is 16.0 Å². The molecule has 1 atom stereocenters. The van der Waals surface area contributed by atoms with Crippen LogP contribution in [0.15, 0.2) is 29.2 Å². The number of carbonyl (C=O) groups excluding carboxylic acids is 2. The summed E-state index contributed by atoms with van der Waals surface area (Å²) >= 11 is 1.69. The van der Waals surface area contributed by atoms with Crippen molar-refractivity contribution in [3.63, 3.8) is 0 Å². The normalized spacial score (nSPS) is 18.8. The molecule has 0 aromatic heterocycles. The topological polar surface area (TPSA) is 70.2 Å². The highest BCUT2D eigenvalue weighted by Crippen LogP contribution is 2.26. The molecule has 5 nitrogen and oxygen atoms in total. The molecule has 1 heterocycles. The van der Waals surface area contributed by atoms with Crippen molar-refractivity contribution in [3.05, 3.63) is 24.3 Å². The Hall–Kier alpha value is -1.53. The number of nitrogens with one attached hydrogen (secondary N) is 3. The molecule has 2 rings (SSSR count). The van der Waals surface area contributed by atoms with Crippen LogP contribution in [0.3, 0.4) is 0 Å². The summed E-state index contributed by atoms with van der Waals surface area (Å²) in [5, 5.41) is 8.49. The second kappa shape index (κ2) is 6.58. The van der Waals surface area contributed by atoms with E-state index >= 15 is 0 Å². The van der Waals surface area contributed by atoms with E-state index in [0.717, 1.165) is 16.3 Å². The van der Waals surface area contributed by atoms with Crippen LogP contribution in [0.5, 0.6) is 0 Å². The summed E-state index contributed by atoms with van der Waals surface area (Å²) < 4.78 is 0. The zero-order chi connectivity index (χ0) is 13.7. The Morgan fingerprint density at radius 1 is 1.47 bits per heavy atom. The second-order valence-corrected chi connectivity index (χ2v) is 5.46. The number of hydrogen-bond acceptors (Lipinski definition) is 4. The predicted molar refractivity (Wildman–Crippen MR) is 76.3 cm³/mol. The lowest BCUT2D eigenvalue weighted by atomic mass is 10.2. The fourth-order valence-electron chi connectivity index (χ4n) is 1.82. The van der Waals surface area contributed by atoms with Gasteiger partial charge in [0.2, 0.25) is 11.8 Å². The number of amides is 2. The molecule has 1 aliphatic rings. The first-order chi connectivity index (χ1) is 9.20. The van der Waals surface area contributed by atoms with E-state index in [1.807, 2.05) is 24.3 Å². The first-order valence-electron chi connectivity index (χ1n) is 6.23. The zero-order valence-electron chi connectivity index (χ0n) is 10.7. The van der Waals surface area contributed by atoms with Gasteiger partial charge in [-0.25, -0.2) is 0 Å². The summed E-state index contributed by atoms with van der Waals surface area (Å²) in [5.41, 5.74) is 0.818. The minimum atomic E-state index is -0.377. The van der Waals surface area contributed by atoms with Gasteiger partial charge in [0.25, 0.3) is 0 Å². The minimum absolute atomic E-state index is 0.0778. The highest BCUT2D eigenvalue weighted by atomic mass is 32.2. The summed E-state index contributed by atoms with van der Waals surface area (Å²) in [6.45, 7) is 2.58. The Kier molecular flexibility index (Phi) is 4.81. The lowest BCUT2D eigenvalue weighted by molar-refractivity contribution is -0.124. The maximum atomic E-state index is 12.1. The summed E-state index contributed by atoms with van der Waals surface area (Å²) in [5.74, 6) is 0.750. The second-order valence-electron chi connectivity index (χ2n) is 4.16. The van der Waals surface area contributed by atoms with Gasteiger partial charge in [-0.2, -0.15) is 0 Å². The third-order valence-corrected chi connectivity index (χ3v) is 3.73. The summed E-state index contributed by atoms with van der Waals surface area (Å²) in [6.07, 6.45) is 0.